The van der Waals surface area contributed by atoms with Gasteiger partial charge in [-0.25, -0.2) is 9.18 Å². The van der Waals surface area contributed by atoms with Gasteiger partial charge in [-0.1, -0.05) is 12.1 Å². The maximum atomic E-state index is 12.8. The van der Waals surface area contributed by atoms with Gasteiger partial charge < -0.3 is 10.5 Å². The zero-order chi connectivity index (χ0) is 20.1. The van der Waals surface area contributed by atoms with Gasteiger partial charge >= 0.3 is 11.7 Å². The quantitative estimate of drug-likeness (QED) is 0.535. The van der Waals surface area contributed by atoms with Crippen LogP contribution in [0.25, 0.3) is 0 Å². The fraction of sp³-hybridized carbons (Fsp3) is 0.294. The Bertz CT molecular complexity index is 982. The number of aromatic nitrogens is 2. The molecule has 27 heavy (non-hydrogen) atoms. The summed E-state index contributed by atoms with van der Waals surface area (Å²) in [7, 11) is 2.55. The van der Waals surface area contributed by atoms with E-state index in [1.165, 1.54) is 38.0 Å². The lowest BCUT2D eigenvalue weighted by Gasteiger charge is -2.11. The number of hydrogen-bond acceptors (Lipinski definition) is 7. The lowest BCUT2D eigenvalue weighted by Crippen LogP contribution is -2.42. The Morgan fingerprint density at radius 2 is 1.78 bits per heavy atom. The van der Waals surface area contributed by atoms with Gasteiger partial charge in [-0.15, -0.1) is 11.8 Å². The molecule has 0 fully saturated rings. The fourth-order valence-electron chi connectivity index (χ4n) is 2.21. The molecule has 0 bridgehead atoms. The first-order chi connectivity index (χ1) is 12.7. The topological polar surface area (TPSA) is 113 Å². The highest BCUT2D eigenvalue weighted by Crippen LogP contribution is 2.13. The monoisotopic (exact) mass is 395 g/mol. The van der Waals surface area contributed by atoms with Crippen molar-refractivity contribution < 1.29 is 18.7 Å². The van der Waals surface area contributed by atoms with E-state index in [1.807, 2.05) is 0 Å². The second kappa shape index (κ2) is 8.67. The van der Waals surface area contributed by atoms with E-state index in [2.05, 4.69) is 0 Å². The zero-order valence-electron chi connectivity index (χ0n) is 14.7. The molecule has 2 N–H and O–H groups in total. The van der Waals surface area contributed by atoms with E-state index in [1.54, 1.807) is 12.1 Å². The highest BCUT2D eigenvalue weighted by atomic mass is 32.2. The molecule has 0 saturated carbocycles. The zero-order valence-corrected chi connectivity index (χ0v) is 15.5. The summed E-state index contributed by atoms with van der Waals surface area (Å²) in [6.45, 7) is -0.659. The molecule has 0 aliphatic rings. The van der Waals surface area contributed by atoms with Crippen LogP contribution in [0.1, 0.15) is 15.9 Å². The molecule has 1 aromatic carbocycles. The molecule has 0 unspecified atom stereocenters. The third kappa shape index (κ3) is 4.85. The van der Waals surface area contributed by atoms with Gasteiger partial charge in [-0.05, 0) is 17.7 Å². The van der Waals surface area contributed by atoms with Crippen LogP contribution < -0.4 is 17.0 Å². The van der Waals surface area contributed by atoms with Crippen LogP contribution in [0.5, 0.6) is 0 Å². The highest BCUT2D eigenvalue weighted by molar-refractivity contribution is 7.99. The molecular formula is C17H18FN3O5S. The van der Waals surface area contributed by atoms with Gasteiger partial charge in [-0.3, -0.25) is 23.5 Å². The molecule has 0 aliphatic heterocycles. The number of carbonyl (C=O) groups is 2. The van der Waals surface area contributed by atoms with Crippen LogP contribution in [0.2, 0.25) is 0 Å². The van der Waals surface area contributed by atoms with Crippen LogP contribution in [0.4, 0.5) is 10.2 Å². The van der Waals surface area contributed by atoms with Crippen molar-refractivity contribution in [2.45, 2.75) is 5.75 Å². The first-order valence-corrected chi connectivity index (χ1v) is 8.94. The second-order valence-corrected chi connectivity index (χ2v) is 6.65. The molecule has 2 aromatic rings. The number of nitrogens with two attached hydrogens (primary N) is 1. The number of ether oxygens (including phenoxy) is 1. The summed E-state index contributed by atoms with van der Waals surface area (Å²) in [5.74, 6) is -1.61. The Morgan fingerprint density at radius 3 is 2.41 bits per heavy atom. The molecule has 2 rings (SSSR count). The van der Waals surface area contributed by atoms with Crippen molar-refractivity contribution in [2.24, 2.45) is 14.1 Å². The number of esters is 1. The SMILES string of the molecule is Cn1c(N)c(C(=O)COC(=O)CSCc2ccc(F)cc2)c(=O)n(C)c1=O. The lowest BCUT2D eigenvalue weighted by atomic mass is 10.2. The van der Waals surface area contributed by atoms with Crippen molar-refractivity contribution in [2.75, 3.05) is 18.1 Å². The first-order valence-electron chi connectivity index (χ1n) is 7.79. The van der Waals surface area contributed by atoms with Crippen molar-refractivity contribution in [3.63, 3.8) is 0 Å². The van der Waals surface area contributed by atoms with Crippen LogP contribution in [-0.4, -0.2) is 33.2 Å². The minimum Gasteiger partial charge on any atom is -0.457 e. The highest BCUT2D eigenvalue weighted by Gasteiger charge is 2.21. The van der Waals surface area contributed by atoms with Gasteiger partial charge in [0.1, 0.15) is 17.2 Å². The van der Waals surface area contributed by atoms with E-state index < -0.39 is 35.2 Å². The third-order valence-electron chi connectivity index (χ3n) is 3.75. The number of anilines is 1. The number of carbonyl (C=O) groups excluding carboxylic acids is 2. The van der Waals surface area contributed by atoms with Crippen molar-refractivity contribution in [1.82, 2.24) is 9.13 Å². The number of nitrogens with zero attached hydrogens (tertiary/aromatic N) is 2. The van der Waals surface area contributed by atoms with Crippen molar-refractivity contribution in [1.29, 1.82) is 0 Å². The molecule has 0 amide bonds. The van der Waals surface area contributed by atoms with E-state index >= 15 is 0 Å². The average Bonchev–Trinajstić information content (AvgIpc) is 2.65. The number of thioether (sulfide) groups is 1. The summed E-state index contributed by atoms with van der Waals surface area (Å²) in [5, 5.41) is 0. The molecule has 0 aliphatic carbocycles. The molecule has 1 aromatic heterocycles. The molecule has 0 radical (unpaired) electrons. The summed E-state index contributed by atoms with van der Waals surface area (Å²) in [6, 6.07) is 5.86. The summed E-state index contributed by atoms with van der Waals surface area (Å²) in [5.41, 5.74) is 4.61. The Balaban J connectivity index is 1.92. The second-order valence-electron chi connectivity index (χ2n) is 5.67. The van der Waals surface area contributed by atoms with Gasteiger partial charge in [-0.2, -0.15) is 0 Å². The molecule has 8 nitrogen and oxygen atoms in total. The maximum absolute atomic E-state index is 12.8. The Kier molecular flexibility index (Phi) is 6.56. The van der Waals surface area contributed by atoms with Gasteiger partial charge in [0.15, 0.2) is 6.61 Å². The predicted molar refractivity (Wildman–Crippen MR) is 99.2 cm³/mol. The molecule has 0 atom stereocenters. The molecule has 10 heteroatoms. The number of hydrogen-bond donors (Lipinski definition) is 1. The first kappa shape index (κ1) is 20.4. The summed E-state index contributed by atoms with van der Waals surface area (Å²) >= 11 is 1.24. The predicted octanol–water partition coefficient (Wildman–Crippen LogP) is 0.465. The number of nitrogen functional groups attached to an aromatic ring is 1. The number of rotatable bonds is 7. The van der Waals surface area contributed by atoms with E-state index in [4.69, 9.17) is 10.5 Å². The van der Waals surface area contributed by atoms with E-state index in [0.29, 0.717) is 5.75 Å². The summed E-state index contributed by atoms with van der Waals surface area (Å²) < 4.78 is 19.4. The largest absolute Gasteiger partial charge is 0.457 e. The third-order valence-corrected chi connectivity index (χ3v) is 4.73. The lowest BCUT2D eigenvalue weighted by molar-refractivity contribution is -0.139. The number of ketones is 1. The number of Topliss-reactive ketones (excluding diaryl/α,β-unsaturated/α-hetero) is 1. The van der Waals surface area contributed by atoms with Crippen LogP contribution >= 0.6 is 11.8 Å². The summed E-state index contributed by atoms with van der Waals surface area (Å²) in [6.07, 6.45) is 0. The fourth-order valence-corrected chi connectivity index (χ4v) is 2.99. The molecule has 1 heterocycles. The van der Waals surface area contributed by atoms with Crippen LogP contribution in [0.3, 0.4) is 0 Å². The standard InChI is InChI=1S/C17H18FN3O5S/c1-20-15(19)14(16(24)21(2)17(20)25)12(22)7-26-13(23)9-27-8-10-3-5-11(18)6-4-10/h3-6H,7-9,19H2,1-2H3. The minimum atomic E-state index is -0.845. The Hall–Kier alpha value is -2.88. The van der Waals surface area contributed by atoms with Crippen LogP contribution in [0, 0.1) is 5.82 Å². The van der Waals surface area contributed by atoms with E-state index in [9.17, 15) is 23.6 Å². The average molecular weight is 395 g/mol. The van der Waals surface area contributed by atoms with Crippen LogP contribution in [-0.2, 0) is 29.4 Å². The van der Waals surface area contributed by atoms with Crippen molar-refractivity contribution in [3.05, 3.63) is 62.0 Å². The normalized spacial score (nSPS) is 10.6. The van der Waals surface area contributed by atoms with Crippen molar-refractivity contribution >= 4 is 29.3 Å². The number of halogens is 1. The molecule has 144 valence electrons. The smallest absolute Gasteiger partial charge is 0.332 e. The molecule has 0 saturated heterocycles. The summed E-state index contributed by atoms with van der Waals surface area (Å²) in [4.78, 5) is 47.8. The van der Waals surface area contributed by atoms with Gasteiger partial charge in [0.2, 0.25) is 5.78 Å². The minimum absolute atomic E-state index is 0.0224. The Labute approximate surface area is 157 Å². The van der Waals surface area contributed by atoms with Gasteiger partial charge in [0, 0.05) is 19.8 Å². The van der Waals surface area contributed by atoms with Gasteiger partial charge in [0.25, 0.3) is 5.56 Å². The van der Waals surface area contributed by atoms with E-state index in [-0.39, 0.29) is 17.4 Å². The van der Waals surface area contributed by atoms with Gasteiger partial charge in [0.05, 0.1) is 5.75 Å². The van der Waals surface area contributed by atoms with Crippen LogP contribution in [0.15, 0.2) is 33.9 Å². The molecule has 0 spiro atoms. The maximum Gasteiger partial charge on any atom is 0.332 e. The number of benzene rings is 1. The Morgan fingerprint density at radius 1 is 1.15 bits per heavy atom. The molecular weight excluding hydrogens is 377 g/mol. The van der Waals surface area contributed by atoms with Crippen molar-refractivity contribution in [3.8, 4) is 0 Å². The van der Waals surface area contributed by atoms with E-state index in [0.717, 1.165) is 14.7 Å².